The molecule has 0 bridgehead atoms. The minimum Gasteiger partial charge on any atom is -1.00 e. The Kier molecular flexibility index (Phi) is 11.7. The topological polar surface area (TPSA) is 113 Å². The second-order valence-electron chi connectivity index (χ2n) is 0.775. The quantitative estimate of drug-likeness (QED) is 0.140. The predicted octanol–water partition coefficient (Wildman–Crippen LogP) is -6.63. The van der Waals surface area contributed by atoms with Gasteiger partial charge in [0.15, 0.2) is 0 Å². The predicted molar refractivity (Wildman–Crippen MR) is 21.6 cm³/mol. The molecule has 0 radical (unpaired) electrons. The van der Waals surface area contributed by atoms with Crippen molar-refractivity contribution in [2.45, 2.75) is 0 Å². The maximum Gasteiger partial charge on any atom is 1.00 e. The standard InChI is InChI=1S/H2N2O5S.2Na.2H/c3-1-2(4)8(5,6)7;;;;/h3H,(H,5,6,7);;;;/q;2*+1;2*-1/b2-1+;;;;. The monoisotopic (exact) mass is 190 g/mol. The molecular formula is H4N2Na2O5S. The van der Waals surface area contributed by atoms with Crippen molar-refractivity contribution in [1.29, 1.82) is 0 Å². The fourth-order valence-corrected chi connectivity index (χ4v) is 0.138. The average molecular weight is 190 g/mol. The minimum absolute atomic E-state index is 0. The van der Waals surface area contributed by atoms with Crippen molar-refractivity contribution in [3.63, 3.8) is 0 Å². The first-order valence-corrected chi connectivity index (χ1v) is 2.68. The van der Waals surface area contributed by atoms with Crippen LogP contribution in [0.15, 0.2) is 5.28 Å². The van der Waals surface area contributed by atoms with Crippen LogP contribution in [0.5, 0.6) is 0 Å². The molecule has 0 amide bonds. The summed E-state index contributed by atoms with van der Waals surface area (Å²) in [4.78, 5) is 0. The van der Waals surface area contributed by atoms with Crippen LogP contribution >= 0.6 is 0 Å². The SMILES string of the molecule is O=S(=O)(O)/[N+]([O-])=N/O.[H-].[H-].[Na+].[Na+]. The van der Waals surface area contributed by atoms with Crippen LogP contribution in [0.4, 0.5) is 0 Å². The van der Waals surface area contributed by atoms with Crippen molar-refractivity contribution in [2.24, 2.45) is 5.28 Å². The summed E-state index contributed by atoms with van der Waals surface area (Å²) in [5, 5.41) is 18.5. The Morgan fingerprint density at radius 3 is 1.80 bits per heavy atom. The summed E-state index contributed by atoms with van der Waals surface area (Å²) >= 11 is 0. The average Bonchev–Trinajstić information content (AvgIpc) is 1.62. The molecule has 0 aromatic rings. The second-order valence-corrected chi connectivity index (χ2v) is 1.98. The Labute approximate surface area is 104 Å². The molecule has 0 saturated heterocycles. The summed E-state index contributed by atoms with van der Waals surface area (Å²) in [6.07, 6.45) is 0. The molecule has 0 atom stereocenters. The van der Waals surface area contributed by atoms with Gasteiger partial charge >= 0.3 is 69.4 Å². The van der Waals surface area contributed by atoms with Gasteiger partial charge in [0.25, 0.3) is 0 Å². The Balaban J connectivity index is -0.0000000408. The van der Waals surface area contributed by atoms with Crippen LogP contribution in [0, 0.1) is 5.21 Å². The van der Waals surface area contributed by atoms with Gasteiger partial charge in [-0.15, -0.1) is 8.42 Å². The Morgan fingerprint density at radius 1 is 1.50 bits per heavy atom. The zero-order valence-electron chi connectivity index (χ0n) is 7.42. The van der Waals surface area contributed by atoms with Crippen molar-refractivity contribution in [2.75, 3.05) is 0 Å². The van der Waals surface area contributed by atoms with Crippen molar-refractivity contribution in [1.82, 2.24) is 0 Å². The first kappa shape index (κ1) is 17.3. The molecule has 0 aliphatic carbocycles. The Hall–Kier alpha value is 1.11. The first-order chi connectivity index (χ1) is 3.48. The maximum atomic E-state index is 9.50. The third-order valence-corrected chi connectivity index (χ3v) is 0.738. The molecule has 0 heterocycles. The summed E-state index contributed by atoms with van der Waals surface area (Å²) in [5.41, 5.74) is 0. The number of rotatable bonds is 1. The van der Waals surface area contributed by atoms with Gasteiger partial charge in [-0.2, -0.15) is 0 Å². The van der Waals surface area contributed by atoms with E-state index < -0.39 is 14.6 Å². The molecule has 52 valence electrons. The zero-order chi connectivity index (χ0) is 6.78. The molecule has 7 nitrogen and oxygen atoms in total. The van der Waals surface area contributed by atoms with Crippen LogP contribution < -0.4 is 59.1 Å². The molecular weight excluding hydrogens is 186 g/mol. The Bertz CT molecular complexity index is 201. The zero-order valence-corrected chi connectivity index (χ0v) is 10.2. The second kappa shape index (κ2) is 6.80. The van der Waals surface area contributed by atoms with E-state index in [0.29, 0.717) is 0 Å². The van der Waals surface area contributed by atoms with Crippen molar-refractivity contribution < 1.29 is 84.4 Å². The third kappa shape index (κ3) is 7.22. The smallest absolute Gasteiger partial charge is 1.00 e. The molecule has 0 rings (SSSR count). The molecule has 0 aromatic heterocycles. The van der Waals surface area contributed by atoms with Crippen LogP contribution in [0.2, 0.25) is 0 Å². The van der Waals surface area contributed by atoms with Gasteiger partial charge in [-0.3, -0.25) is 0 Å². The number of hydrogen-bond donors (Lipinski definition) is 2. The first-order valence-electron chi connectivity index (χ1n) is 1.28. The van der Waals surface area contributed by atoms with Crippen LogP contribution in [0.3, 0.4) is 0 Å². The molecule has 10 heteroatoms. The van der Waals surface area contributed by atoms with Crippen molar-refractivity contribution in [3.05, 3.63) is 5.21 Å². The van der Waals surface area contributed by atoms with Crippen LogP contribution in [0.1, 0.15) is 2.85 Å². The van der Waals surface area contributed by atoms with Crippen LogP contribution in [-0.2, 0) is 10.3 Å². The number of hydrogen-bond acceptors (Lipinski definition) is 4. The van der Waals surface area contributed by atoms with E-state index in [4.69, 9.17) is 9.76 Å². The van der Waals surface area contributed by atoms with Gasteiger partial charge in [-0.25, -0.2) is 4.55 Å². The van der Waals surface area contributed by atoms with E-state index in [1.54, 1.807) is 5.28 Å². The molecule has 2 N–H and O–H groups in total. The van der Waals surface area contributed by atoms with E-state index in [1.807, 2.05) is 0 Å². The molecule has 0 aromatic carbocycles. The third-order valence-electron chi connectivity index (χ3n) is 0.270. The van der Waals surface area contributed by atoms with E-state index >= 15 is 0 Å². The maximum absolute atomic E-state index is 9.50. The summed E-state index contributed by atoms with van der Waals surface area (Å²) in [6.45, 7) is 0. The fraction of sp³-hybridized carbons (Fsp3) is 0. The Morgan fingerprint density at radius 2 is 1.80 bits per heavy atom. The van der Waals surface area contributed by atoms with Gasteiger partial charge in [-0.1, -0.05) is 0 Å². The van der Waals surface area contributed by atoms with Crippen LogP contribution in [0.25, 0.3) is 0 Å². The van der Waals surface area contributed by atoms with Gasteiger partial charge in [0.05, 0.1) is 4.27 Å². The van der Waals surface area contributed by atoms with E-state index in [0.717, 1.165) is 0 Å². The molecule has 10 heavy (non-hydrogen) atoms. The van der Waals surface area contributed by atoms with E-state index in [9.17, 15) is 13.6 Å². The normalized spacial score (nSPS) is 11.1. The van der Waals surface area contributed by atoms with E-state index in [-0.39, 0.29) is 62.0 Å². The molecule has 0 aliphatic heterocycles. The van der Waals surface area contributed by atoms with E-state index in [2.05, 4.69) is 0 Å². The summed E-state index contributed by atoms with van der Waals surface area (Å²) in [6, 6.07) is 0. The molecule has 0 fully saturated rings. The molecule has 0 aliphatic rings. The van der Waals surface area contributed by atoms with Gasteiger partial charge in [0.1, 0.15) is 0 Å². The van der Waals surface area contributed by atoms with Crippen LogP contribution in [-0.4, -0.2) is 22.4 Å². The van der Waals surface area contributed by atoms with E-state index in [1.165, 1.54) is 0 Å². The van der Waals surface area contributed by atoms with Gasteiger partial charge in [0.2, 0.25) is 5.28 Å². The summed E-state index contributed by atoms with van der Waals surface area (Å²) in [7, 11) is -4.89. The van der Waals surface area contributed by atoms with Gasteiger partial charge in [0, 0.05) is 0 Å². The van der Waals surface area contributed by atoms with Gasteiger partial charge < -0.3 is 13.3 Å². The molecule has 0 spiro atoms. The summed E-state index contributed by atoms with van der Waals surface area (Å²) < 4.78 is 25.3. The van der Waals surface area contributed by atoms with Crippen molar-refractivity contribution >= 4 is 10.3 Å². The van der Waals surface area contributed by atoms with Crippen molar-refractivity contribution in [3.8, 4) is 0 Å². The molecule has 0 unspecified atom stereocenters. The summed E-state index contributed by atoms with van der Waals surface area (Å²) in [5.74, 6) is 0. The number of nitrogens with zero attached hydrogens (tertiary/aromatic N) is 2. The minimum atomic E-state index is -4.89. The fourth-order valence-electron chi connectivity index (χ4n) is 0.0461. The molecule has 0 saturated carbocycles. The largest absolute Gasteiger partial charge is 1.00 e. The van der Waals surface area contributed by atoms with Gasteiger partial charge in [-0.05, 0) is 0 Å².